The molecule has 0 heterocycles. The maximum atomic E-state index is 12.1. The molecule has 1 aromatic carbocycles. The number of carbonyl (C=O) groups excluding carboxylic acids is 1. The number of nitrogens with zero attached hydrogens (tertiary/aromatic N) is 1. The molecule has 0 radical (unpaired) electrons. The number of hydrogen-bond acceptors (Lipinski definition) is 7. The standard InChI is InChI=1S/C16H28N4O3S3/c17-26(22,23)15-3-1-14(2-4-15)5-6-19-16(21)13-20(10-12-25)9-7-18-8-11-24/h1-4,18,24-25H,5-13H2,(H,19,21)(H2,17,22,23). The summed E-state index contributed by atoms with van der Waals surface area (Å²) in [6.07, 6.45) is 0.618. The Labute approximate surface area is 167 Å². The highest BCUT2D eigenvalue weighted by atomic mass is 32.2. The molecule has 0 saturated carbocycles. The molecule has 0 spiro atoms. The summed E-state index contributed by atoms with van der Waals surface area (Å²) in [5.74, 6) is 1.43. The molecular formula is C16H28N4O3S3. The van der Waals surface area contributed by atoms with E-state index in [1.807, 2.05) is 0 Å². The molecule has 1 aromatic rings. The van der Waals surface area contributed by atoms with Crippen molar-refractivity contribution in [1.29, 1.82) is 0 Å². The molecule has 1 rings (SSSR count). The van der Waals surface area contributed by atoms with E-state index >= 15 is 0 Å². The molecule has 0 aliphatic rings. The molecule has 4 N–H and O–H groups in total. The van der Waals surface area contributed by atoms with Gasteiger partial charge in [0.15, 0.2) is 0 Å². The number of benzene rings is 1. The quantitative estimate of drug-likeness (QED) is 0.224. The molecule has 0 atom stereocenters. The summed E-state index contributed by atoms with van der Waals surface area (Å²) in [6, 6.07) is 6.34. The Morgan fingerprint density at radius 1 is 1.04 bits per heavy atom. The molecule has 0 aliphatic heterocycles. The maximum Gasteiger partial charge on any atom is 0.238 e. The van der Waals surface area contributed by atoms with E-state index in [9.17, 15) is 13.2 Å². The highest BCUT2D eigenvalue weighted by Crippen LogP contribution is 2.08. The van der Waals surface area contributed by atoms with Gasteiger partial charge in [0.2, 0.25) is 15.9 Å². The molecule has 0 aromatic heterocycles. The Hall–Kier alpha value is -0.780. The lowest BCUT2D eigenvalue weighted by atomic mass is 10.1. The number of sulfonamides is 1. The fourth-order valence-electron chi connectivity index (χ4n) is 2.30. The lowest BCUT2D eigenvalue weighted by Gasteiger charge is -2.21. The number of thiol groups is 2. The van der Waals surface area contributed by atoms with E-state index in [1.54, 1.807) is 12.1 Å². The van der Waals surface area contributed by atoms with Crippen molar-refractivity contribution in [2.75, 3.05) is 50.8 Å². The van der Waals surface area contributed by atoms with Crippen LogP contribution in [0.4, 0.5) is 0 Å². The lowest BCUT2D eigenvalue weighted by molar-refractivity contribution is -0.122. The van der Waals surface area contributed by atoms with E-state index in [1.165, 1.54) is 12.1 Å². The van der Waals surface area contributed by atoms with Gasteiger partial charge in [-0.2, -0.15) is 25.3 Å². The summed E-state index contributed by atoms with van der Waals surface area (Å²) in [4.78, 5) is 14.2. The minimum Gasteiger partial charge on any atom is -0.355 e. The van der Waals surface area contributed by atoms with Gasteiger partial charge in [-0.1, -0.05) is 12.1 Å². The largest absolute Gasteiger partial charge is 0.355 e. The minimum atomic E-state index is -3.67. The van der Waals surface area contributed by atoms with Crippen molar-refractivity contribution in [2.45, 2.75) is 11.3 Å². The second-order valence-electron chi connectivity index (χ2n) is 5.76. The van der Waals surface area contributed by atoms with Crippen LogP contribution in [0.1, 0.15) is 5.56 Å². The highest BCUT2D eigenvalue weighted by Gasteiger charge is 2.10. The maximum absolute atomic E-state index is 12.1. The van der Waals surface area contributed by atoms with Gasteiger partial charge < -0.3 is 10.6 Å². The topological polar surface area (TPSA) is 105 Å². The third kappa shape index (κ3) is 9.79. The van der Waals surface area contributed by atoms with Crippen LogP contribution in [0.3, 0.4) is 0 Å². The number of hydrogen-bond donors (Lipinski definition) is 5. The summed E-state index contributed by atoms with van der Waals surface area (Å²) >= 11 is 8.38. The van der Waals surface area contributed by atoms with E-state index in [0.717, 1.165) is 37.5 Å². The number of nitrogens with one attached hydrogen (secondary N) is 2. The van der Waals surface area contributed by atoms with E-state index in [4.69, 9.17) is 5.14 Å². The molecule has 0 fully saturated rings. The van der Waals surface area contributed by atoms with Gasteiger partial charge in [-0.05, 0) is 24.1 Å². The molecule has 0 aliphatic carbocycles. The first-order valence-electron chi connectivity index (χ1n) is 8.40. The number of amides is 1. The van der Waals surface area contributed by atoms with Crippen LogP contribution < -0.4 is 15.8 Å². The Bertz CT molecular complexity index is 639. The zero-order valence-corrected chi connectivity index (χ0v) is 17.3. The van der Waals surface area contributed by atoms with Crippen molar-refractivity contribution >= 4 is 41.2 Å². The zero-order chi connectivity index (χ0) is 19.4. The van der Waals surface area contributed by atoms with Crippen LogP contribution in [0.5, 0.6) is 0 Å². The minimum absolute atomic E-state index is 0.0397. The van der Waals surface area contributed by atoms with E-state index in [0.29, 0.717) is 25.3 Å². The monoisotopic (exact) mass is 420 g/mol. The summed E-state index contributed by atoms with van der Waals surface area (Å²) in [7, 11) is -3.67. The molecule has 0 saturated heterocycles. The van der Waals surface area contributed by atoms with Crippen molar-refractivity contribution in [3.05, 3.63) is 29.8 Å². The molecular weight excluding hydrogens is 392 g/mol. The molecule has 7 nitrogen and oxygen atoms in total. The van der Waals surface area contributed by atoms with Gasteiger partial charge in [0.1, 0.15) is 0 Å². The van der Waals surface area contributed by atoms with Crippen LogP contribution in [0.2, 0.25) is 0 Å². The van der Waals surface area contributed by atoms with Gasteiger partial charge in [-0.25, -0.2) is 13.6 Å². The van der Waals surface area contributed by atoms with Gasteiger partial charge in [0.25, 0.3) is 0 Å². The van der Waals surface area contributed by atoms with Gasteiger partial charge >= 0.3 is 0 Å². The van der Waals surface area contributed by atoms with Crippen LogP contribution in [0, 0.1) is 0 Å². The molecule has 0 bridgehead atoms. The SMILES string of the molecule is NS(=O)(=O)c1ccc(CCNC(=O)CN(CCS)CCNCCS)cc1. The smallest absolute Gasteiger partial charge is 0.238 e. The van der Waals surface area contributed by atoms with Gasteiger partial charge in [-0.15, -0.1) is 0 Å². The molecule has 148 valence electrons. The van der Waals surface area contributed by atoms with Gasteiger partial charge in [-0.3, -0.25) is 9.69 Å². The van der Waals surface area contributed by atoms with Crippen molar-refractivity contribution < 1.29 is 13.2 Å². The first kappa shape index (κ1) is 23.3. The van der Waals surface area contributed by atoms with Gasteiger partial charge in [0, 0.05) is 44.2 Å². The second kappa shape index (κ2) is 12.6. The van der Waals surface area contributed by atoms with Crippen molar-refractivity contribution in [3.63, 3.8) is 0 Å². The van der Waals surface area contributed by atoms with Crippen molar-refractivity contribution in [1.82, 2.24) is 15.5 Å². The van der Waals surface area contributed by atoms with Crippen LogP contribution in [-0.2, 0) is 21.2 Å². The van der Waals surface area contributed by atoms with Crippen LogP contribution in [-0.4, -0.2) is 70.0 Å². The van der Waals surface area contributed by atoms with Gasteiger partial charge in [0.05, 0.1) is 11.4 Å². The van der Waals surface area contributed by atoms with Crippen molar-refractivity contribution in [2.24, 2.45) is 5.14 Å². The summed E-state index contributed by atoms with van der Waals surface area (Å²) in [6.45, 7) is 3.98. The van der Waals surface area contributed by atoms with Crippen molar-refractivity contribution in [3.8, 4) is 0 Å². The summed E-state index contributed by atoms with van der Waals surface area (Å²) < 4.78 is 22.4. The number of carbonyl (C=O) groups is 1. The Morgan fingerprint density at radius 3 is 2.31 bits per heavy atom. The molecule has 26 heavy (non-hydrogen) atoms. The Balaban J connectivity index is 2.35. The van der Waals surface area contributed by atoms with Crippen LogP contribution in [0.25, 0.3) is 0 Å². The average Bonchev–Trinajstić information content (AvgIpc) is 2.58. The molecule has 10 heteroatoms. The predicted molar refractivity (Wildman–Crippen MR) is 112 cm³/mol. The van der Waals surface area contributed by atoms with E-state index in [-0.39, 0.29) is 10.8 Å². The second-order valence-corrected chi connectivity index (χ2v) is 8.22. The Kier molecular flexibility index (Phi) is 11.3. The number of primary sulfonamides is 1. The molecule has 1 amide bonds. The number of nitrogens with two attached hydrogens (primary N) is 1. The lowest BCUT2D eigenvalue weighted by Crippen LogP contribution is -2.42. The third-order valence-electron chi connectivity index (χ3n) is 3.66. The predicted octanol–water partition coefficient (Wildman–Crippen LogP) is -0.256. The molecule has 0 unspecified atom stereocenters. The fraction of sp³-hybridized carbons (Fsp3) is 0.562. The Morgan fingerprint density at radius 2 is 1.73 bits per heavy atom. The fourth-order valence-corrected chi connectivity index (χ4v) is 3.26. The van der Waals surface area contributed by atoms with E-state index in [2.05, 4.69) is 40.8 Å². The first-order valence-corrected chi connectivity index (χ1v) is 11.2. The summed E-state index contributed by atoms with van der Waals surface area (Å²) in [5, 5.41) is 11.2. The number of rotatable bonds is 13. The summed E-state index contributed by atoms with van der Waals surface area (Å²) in [5.41, 5.74) is 0.931. The average molecular weight is 421 g/mol. The van der Waals surface area contributed by atoms with Crippen LogP contribution >= 0.6 is 25.3 Å². The normalized spacial score (nSPS) is 11.7. The van der Waals surface area contributed by atoms with E-state index < -0.39 is 10.0 Å². The first-order chi connectivity index (χ1) is 12.4. The zero-order valence-electron chi connectivity index (χ0n) is 14.7. The third-order valence-corrected chi connectivity index (χ3v) is 5.02. The van der Waals surface area contributed by atoms with Crippen LogP contribution in [0.15, 0.2) is 29.2 Å². The highest BCUT2D eigenvalue weighted by molar-refractivity contribution is 7.89.